The first-order valence-corrected chi connectivity index (χ1v) is 9.16. The van der Waals surface area contributed by atoms with Gasteiger partial charge in [0.1, 0.15) is 5.75 Å². The first kappa shape index (κ1) is 17.8. The second-order valence-electron chi connectivity index (χ2n) is 5.27. The minimum Gasteiger partial charge on any atom is -0.496 e. The van der Waals surface area contributed by atoms with Gasteiger partial charge in [0.15, 0.2) is 0 Å². The van der Waals surface area contributed by atoms with Gasteiger partial charge in [0, 0.05) is 11.1 Å². The molecule has 23 heavy (non-hydrogen) atoms. The van der Waals surface area contributed by atoms with Crippen LogP contribution in [0.15, 0.2) is 47.4 Å². The number of sulfonamides is 1. The Balaban J connectivity index is 2.28. The van der Waals surface area contributed by atoms with Crippen LogP contribution in [0.25, 0.3) is 0 Å². The Morgan fingerprint density at radius 3 is 2.35 bits per heavy atom. The van der Waals surface area contributed by atoms with E-state index in [4.69, 9.17) is 16.3 Å². The van der Waals surface area contributed by atoms with E-state index < -0.39 is 10.0 Å². The predicted octanol–water partition coefficient (Wildman–Crippen LogP) is 4.09. The summed E-state index contributed by atoms with van der Waals surface area (Å²) in [7, 11) is -1.99. The van der Waals surface area contributed by atoms with E-state index in [2.05, 4.69) is 4.72 Å². The quantitative estimate of drug-likeness (QED) is 0.851. The van der Waals surface area contributed by atoms with Gasteiger partial charge in [-0.25, -0.2) is 13.1 Å². The lowest BCUT2D eigenvalue weighted by Crippen LogP contribution is -2.28. The summed E-state index contributed by atoms with van der Waals surface area (Å²) >= 11 is 5.81. The van der Waals surface area contributed by atoms with Crippen molar-refractivity contribution in [3.8, 4) is 5.75 Å². The highest BCUT2D eigenvalue weighted by Gasteiger charge is 2.20. The Labute approximate surface area is 142 Å². The largest absolute Gasteiger partial charge is 0.496 e. The van der Waals surface area contributed by atoms with E-state index >= 15 is 0 Å². The summed E-state index contributed by atoms with van der Waals surface area (Å²) in [6.07, 6.45) is 0.637. The summed E-state index contributed by atoms with van der Waals surface area (Å²) in [6, 6.07) is 11.5. The molecule has 0 unspecified atom stereocenters. The minimum absolute atomic E-state index is 0.200. The first-order chi connectivity index (χ1) is 10.9. The highest BCUT2D eigenvalue weighted by atomic mass is 35.5. The molecule has 0 fully saturated rings. The van der Waals surface area contributed by atoms with Crippen molar-refractivity contribution in [3.63, 3.8) is 0 Å². The van der Waals surface area contributed by atoms with Crippen LogP contribution in [0.3, 0.4) is 0 Å². The van der Waals surface area contributed by atoms with Crippen molar-refractivity contribution in [2.24, 2.45) is 0 Å². The molecule has 0 spiro atoms. The van der Waals surface area contributed by atoms with E-state index in [0.717, 1.165) is 16.9 Å². The lowest BCUT2D eigenvalue weighted by Gasteiger charge is -2.19. The summed E-state index contributed by atoms with van der Waals surface area (Å²) in [5.41, 5.74) is 1.87. The Morgan fingerprint density at radius 1 is 1.17 bits per heavy atom. The second-order valence-corrected chi connectivity index (χ2v) is 7.42. The Morgan fingerprint density at radius 2 is 1.83 bits per heavy atom. The van der Waals surface area contributed by atoms with Gasteiger partial charge in [0.05, 0.1) is 12.0 Å². The third kappa shape index (κ3) is 4.25. The lowest BCUT2D eigenvalue weighted by atomic mass is 10.0. The van der Waals surface area contributed by atoms with E-state index in [-0.39, 0.29) is 10.9 Å². The molecule has 0 saturated carbocycles. The van der Waals surface area contributed by atoms with Gasteiger partial charge in [0.2, 0.25) is 10.0 Å². The molecule has 0 saturated heterocycles. The van der Waals surface area contributed by atoms with Crippen LogP contribution in [-0.2, 0) is 10.0 Å². The highest BCUT2D eigenvalue weighted by Crippen LogP contribution is 2.26. The third-order valence-electron chi connectivity index (χ3n) is 3.65. The molecule has 0 heterocycles. The molecule has 0 aromatic heterocycles. The molecule has 124 valence electrons. The summed E-state index contributed by atoms with van der Waals surface area (Å²) in [6.45, 7) is 3.87. The average molecular weight is 354 g/mol. The second kappa shape index (κ2) is 7.34. The predicted molar refractivity (Wildman–Crippen MR) is 92.5 cm³/mol. The molecule has 0 radical (unpaired) electrons. The van der Waals surface area contributed by atoms with E-state index in [1.807, 2.05) is 32.0 Å². The molecule has 0 aliphatic heterocycles. The van der Waals surface area contributed by atoms with E-state index in [1.165, 1.54) is 12.1 Å². The normalized spacial score (nSPS) is 12.9. The van der Waals surface area contributed by atoms with Gasteiger partial charge in [-0.1, -0.05) is 30.7 Å². The zero-order valence-corrected chi connectivity index (χ0v) is 14.9. The molecular formula is C17H20ClNO3S. The fourth-order valence-corrected chi connectivity index (χ4v) is 3.81. The van der Waals surface area contributed by atoms with Crippen LogP contribution in [-0.4, -0.2) is 15.5 Å². The lowest BCUT2D eigenvalue weighted by molar-refractivity contribution is 0.411. The van der Waals surface area contributed by atoms with Crippen molar-refractivity contribution >= 4 is 21.6 Å². The third-order valence-corrected chi connectivity index (χ3v) is 5.39. The number of rotatable bonds is 6. The summed E-state index contributed by atoms with van der Waals surface area (Å²) in [4.78, 5) is 0.200. The number of halogens is 1. The van der Waals surface area contributed by atoms with E-state index in [9.17, 15) is 8.42 Å². The molecule has 0 aliphatic carbocycles. The van der Waals surface area contributed by atoms with Crippen LogP contribution >= 0.6 is 11.6 Å². The van der Waals surface area contributed by atoms with Crippen molar-refractivity contribution < 1.29 is 13.2 Å². The molecule has 6 heteroatoms. The fraction of sp³-hybridized carbons (Fsp3) is 0.294. The van der Waals surface area contributed by atoms with Crippen LogP contribution in [0.1, 0.15) is 30.5 Å². The van der Waals surface area contributed by atoms with Crippen molar-refractivity contribution in [2.75, 3.05) is 7.11 Å². The smallest absolute Gasteiger partial charge is 0.241 e. The van der Waals surface area contributed by atoms with Crippen molar-refractivity contribution in [1.29, 1.82) is 0 Å². The maximum Gasteiger partial charge on any atom is 0.241 e. The van der Waals surface area contributed by atoms with Crippen LogP contribution < -0.4 is 9.46 Å². The molecule has 0 bridgehead atoms. The van der Waals surface area contributed by atoms with Gasteiger partial charge >= 0.3 is 0 Å². The molecule has 2 rings (SSSR count). The van der Waals surface area contributed by atoms with E-state index in [1.54, 1.807) is 19.2 Å². The average Bonchev–Trinajstić information content (AvgIpc) is 2.53. The number of hydrogen-bond acceptors (Lipinski definition) is 3. The Bertz CT molecular complexity index is 773. The number of hydrogen-bond donors (Lipinski definition) is 1. The number of aryl methyl sites for hydroxylation is 1. The van der Waals surface area contributed by atoms with Gasteiger partial charge in [-0.2, -0.15) is 0 Å². The van der Waals surface area contributed by atoms with Gasteiger partial charge in [-0.15, -0.1) is 0 Å². The molecule has 0 aliphatic rings. The standard InChI is InChI=1S/C17H20ClNO3S/c1-4-16(13-5-10-17(22-3)12(2)11-13)19-23(20,21)15-8-6-14(18)7-9-15/h5-11,16,19H,4H2,1-3H3/t16-/m1/s1. The zero-order chi connectivity index (χ0) is 17.0. The van der Waals surface area contributed by atoms with Crippen LogP contribution in [0.4, 0.5) is 0 Å². The van der Waals surface area contributed by atoms with Gasteiger partial charge in [-0.3, -0.25) is 0 Å². The summed E-state index contributed by atoms with van der Waals surface area (Å²) in [5.74, 6) is 0.782. The Hall–Kier alpha value is -1.56. The number of ether oxygens (including phenoxy) is 1. The van der Waals surface area contributed by atoms with Gasteiger partial charge in [0.25, 0.3) is 0 Å². The molecular weight excluding hydrogens is 334 g/mol. The summed E-state index contributed by atoms with van der Waals surface area (Å²) < 4.78 is 33.0. The molecule has 0 amide bonds. The monoisotopic (exact) mass is 353 g/mol. The maximum atomic E-state index is 12.5. The van der Waals surface area contributed by atoms with Gasteiger partial charge < -0.3 is 4.74 Å². The fourth-order valence-electron chi connectivity index (χ4n) is 2.37. The van der Waals surface area contributed by atoms with Crippen molar-refractivity contribution in [1.82, 2.24) is 4.72 Å². The van der Waals surface area contributed by atoms with Crippen LogP contribution in [0.2, 0.25) is 5.02 Å². The van der Waals surface area contributed by atoms with Crippen molar-refractivity contribution in [2.45, 2.75) is 31.2 Å². The number of methoxy groups -OCH3 is 1. The molecule has 1 atom stereocenters. The first-order valence-electron chi connectivity index (χ1n) is 7.30. The molecule has 2 aromatic rings. The SMILES string of the molecule is CC[C@@H](NS(=O)(=O)c1ccc(Cl)cc1)c1ccc(OC)c(C)c1. The number of benzene rings is 2. The molecule has 4 nitrogen and oxygen atoms in total. The molecule has 1 N–H and O–H groups in total. The minimum atomic E-state index is -3.60. The van der Waals surface area contributed by atoms with E-state index in [0.29, 0.717) is 11.4 Å². The zero-order valence-electron chi connectivity index (χ0n) is 13.3. The molecule has 2 aromatic carbocycles. The topological polar surface area (TPSA) is 55.4 Å². The number of nitrogens with one attached hydrogen (secondary N) is 1. The van der Waals surface area contributed by atoms with Crippen molar-refractivity contribution in [3.05, 3.63) is 58.6 Å². The van der Waals surface area contributed by atoms with Crippen LogP contribution in [0.5, 0.6) is 5.75 Å². The van der Waals surface area contributed by atoms with Crippen LogP contribution in [0, 0.1) is 6.92 Å². The Kier molecular flexibility index (Phi) is 5.68. The summed E-state index contributed by atoms with van der Waals surface area (Å²) in [5, 5.41) is 0.502. The van der Waals surface area contributed by atoms with Gasteiger partial charge in [-0.05, 0) is 54.8 Å². The maximum absolute atomic E-state index is 12.5. The highest BCUT2D eigenvalue weighted by molar-refractivity contribution is 7.89.